The van der Waals surface area contributed by atoms with E-state index < -0.39 is 5.97 Å². The number of carbonyl (C=O) groups excluding carboxylic acids is 3. The van der Waals surface area contributed by atoms with Gasteiger partial charge in [0.05, 0.1) is 17.0 Å². The number of nitrogens with one attached hydrogen (secondary N) is 2. The van der Waals surface area contributed by atoms with E-state index in [-0.39, 0.29) is 24.0 Å². The van der Waals surface area contributed by atoms with Crippen molar-refractivity contribution >= 4 is 50.6 Å². The molecule has 0 spiro atoms. The molecule has 6 nitrogen and oxygen atoms in total. The summed E-state index contributed by atoms with van der Waals surface area (Å²) in [5.41, 5.74) is 4.33. The summed E-state index contributed by atoms with van der Waals surface area (Å²) in [7, 11) is 0. The van der Waals surface area contributed by atoms with Crippen molar-refractivity contribution in [3.8, 4) is 0 Å². The molecule has 0 bridgehead atoms. The summed E-state index contributed by atoms with van der Waals surface area (Å²) in [5.74, 6) is -1.26. The van der Waals surface area contributed by atoms with Crippen LogP contribution in [0, 0.1) is 6.92 Å². The highest BCUT2D eigenvalue weighted by Gasteiger charge is 2.28. The minimum absolute atomic E-state index is 0.182. The summed E-state index contributed by atoms with van der Waals surface area (Å²) in [6.45, 7) is 3.59. The maximum Gasteiger partial charge on any atom is 0.341 e. The number of esters is 1. The number of carbonyl (C=O) groups is 3. The largest absolute Gasteiger partial charge is 0.462 e. The first-order chi connectivity index (χ1) is 17.0. The maximum absolute atomic E-state index is 13.4. The standard InChI is InChI=1S/C28H24N2O4S/c1-3-34-28(33)22-16(2)24(26(32)29-19-9-5-4-6-10-19)35-27(22)30-25(31)21-15-14-18-13-12-17-8-7-11-20(21)23(17)18/h4-11,14-15H,3,12-13H2,1-2H3,(H,29,32)(H,30,31). The lowest BCUT2D eigenvalue weighted by Crippen LogP contribution is -2.15. The van der Waals surface area contributed by atoms with Crippen molar-refractivity contribution < 1.29 is 19.1 Å². The van der Waals surface area contributed by atoms with Gasteiger partial charge in [0.2, 0.25) is 0 Å². The second-order valence-electron chi connectivity index (χ2n) is 8.37. The van der Waals surface area contributed by atoms with Crippen LogP contribution in [0.2, 0.25) is 0 Å². The van der Waals surface area contributed by atoms with E-state index in [2.05, 4.69) is 16.7 Å². The van der Waals surface area contributed by atoms with Crippen molar-refractivity contribution in [2.75, 3.05) is 17.2 Å². The molecular formula is C28H24N2O4S. The number of aryl methyl sites for hydroxylation is 2. The molecule has 2 N–H and O–H groups in total. The molecule has 1 heterocycles. The van der Waals surface area contributed by atoms with Gasteiger partial charge in [-0.1, -0.05) is 42.5 Å². The van der Waals surface area contributed by atoms with Gasteiger partial charge in [-0.05, 0) is 72.4 Å². The van der Waals surface area contributed by atoms with Crippen LogP contribution in [0.5, 0.6) is 0 Å². The molecule has 1 aliphatic carbocycles. The first-order valence-electron chi connectivity index (χ1n) is 11.5. The molecule has 1 aliphatic rings. The summed E-state index contributed by atoms with van der Waals surface area (Å²) in [6, 6.07) is 18.9. The topological polar surface area (TPSA) is 84.5 Å². The van der Waals surface area contributed by atoms with Gasteiger partial charge in [-0.3, -0.25) is 9.59 Å². The van der Waals surface area contributed by atoms with Crippen LogP contribution in [-0.2, 0) is 17.6 Å². The Morgan fingerprint density at radius 3 is 2.37 bits per heavy atom. The fraction of sp³-hybridized carbons (Fsp3) is 0.179. The normalized spacial score (nSPS) is 11.9. The van der Waals surface area contributed by atoms with E-state index in [0.717, 1.165) is 35.0 Å². The van der Waals surface area contributed by atoms with E-state index in [0.29, 0.717) is 26.7 Å². The van der Waals surface area contributed by atoms with Crippen LogP contribution in [0.1, 0.15) is 54.0 Å². The van der Waals surface area contributed by atoms with E-state index in [1.807, 2.05) is 42.5 Å². The lowest BCUT2D eigenvalue weighted by atomic mass is 9.99. The van der Waals surface area contributed by atoms with Crippen molar-refractivity contribution in [2.24, 2.45) is 0 Å². The Bertz CT molecular complexity index is 1460. The Morgan fingerprint density at radius 1 is 0.886 bits per heavy atom. The van der Waals surface area contributed by atoms with E-state index in [9.17, 15) is 14.4 Å². The molecule has 0 unspecified atom stereocenters. The van der Waals surface area contributed by atoms with Crippen molar-refractivity contribution in [3.63, 3.8) is 0 Å². The van der Waals surface area contributed by atoms with E-state index in [4.69, 9.17) is 4.74 Å². The zero-order valence-electron chi connectivity index (χ0n) is 19.4. The van der Waals surface area contributed by atoms with Crippen LogP contribution in [0.15, 0.2) is 60.7 Å². The van der Waals surface area contributed by atoms with Crippen LogP contribution in [0.4, 0.5) is 10.7 Å². The van der Waals surface area contributed by atoms with Crippen molar-refractivity contribution in [1.82, 2.24) is 0 Å². The lowest BCUT2D eigenvalue weighted by Gasteiger charge is -2.10. The van der Waals surface area contributed by atoms with Gasteiger partial charge in [0.25, 0.3) is 11.8 Å². The highest BCUT2D eigenvalue weighted by Crippen LogP contribution is 2.36. The fourth-order valence-electron chi connectivity index (χ4n) is 4.59. The summed E-state index contributed by atoms with van der Waals surface area (Å²) in [5, 5.41) is 8.07. The number of benzene rings is 3. The van der Waals surface area contributed by atoms with Crippen LogP contribution >= 0.6 is 11.3 Å². The zero-order chi connectivity index (χ0) is 24.5. The summed E-state index contributed by atoms with van der Waals surface area (Å²) < 4.78 is 5.24. The molecule has 0 fully saturated rings. The molecular weight excluding hydrogens is 460 g/mol. The average Bonchev–Trinajstić information content (AvgIpc) is 3.42. The first-order valence-corrected chi connectivity index (χ1v) is 12.3. The van der Waals surface area contributed by atoms with Gasteiger partial charge < -0.3 is 15.4 Å². The van der Waals surface area contributed by atoms with Crippen molar-refractivity contribution in [2.45, 2.75) is 26.7 Å². The maximum atomic E-state index is 13.4. The van der Waals surface area contributed by atoms with Crippen molar-refractivity contribution in [1.29, 1.82) is 0 Å². The molecule has 2 amide bonds. The molecule has 0 saturated heterocycles. The minimum Gasteiger partial charge on any atom is -0.462 e. The number of amides is 2. The number of ether oxygens (including phenoxy) is 1. The van der Waals surface area contributed by atoms with E-state index in [1.165, 1.54) is 11.1 Å². The molecule has 0 aliphatic heterocycles. The van der Waals surface area contributed by atoms with Gasteiger partial charge in [0.1, 0.15) is 5.00 Å². The third-order valence-corrected chi connectivity index (χ3v) is 7.42. The Morgan fingerprint density at radius 2 is 1.63 bits per heavy atom. The quantitative estimate of drug-likeness (QED) is 0.329. The molecule has 0 radical (unpaired) electrons. The van der Waals surface area contributed by atoms with Gasteiger partial charge in [0, 0.05) is 11.3 Å². The predicted molar refractivity (Wildman–Crippen MR) is 139 cm³/mol. The Kier molecular flexibility index (Phi) is 6.09. The molecule has 7 heteroatoms. The van der Waals surface area contributed by atoms with Gasteiger partial charge in [-0.2, -0.15) is 0 Å². The molecule has 0 atom stereocenters. The molecule has 0 saturated carbocycles. The molecule has 176 valence electrons. The molecule has 4 aromatic rings. The van der Waals surface area contributed by atoms with Crippen LogP contribution in [0.25, 0.3) is 10.8 Å². The molecule has 1 aromatic heterocycles. The molecule has 3 aromatic carbocycles. The number of para-hydroxylation sites is 1. The number of hydrogen-bond acceptors (Lipinski definition) is 5. The number of anilines is 2. The van der Waals surface area contributed by atoms with Crippen LogP contribution < -0.4 is 10.6 Å². The number of rotatable bonds is 6. The second kappa shape index (κ2) is 9.35. The van der Waals surface area contributed by atoms with Crippen LogP contribution in [0.3, 0.4) is 0 Å². The summed E-state index contributed by atoms with van der Waals surface area (Å²) in [6.07, 6.45) is 1.93. The van der Waals surface area contributed by atoms with Crippen LogP contribution in [-0.4, -0.2) is 24.4 Å². The fourth-order valence-corrected chi connectivity index (χ4v) is 5.68. The number of hydrogen-bond donors (Lipinski definition) is 2. The molecule has 35 heavy (non-hydrogen) atoms. The summed E-state index contributed by atoms with van der Waals surface area (Å²) >= 11 is 1.07. The third-order valence-electron chi connectivity index (χ3n) is 6.21. The Labute approximate surface area is 206 Å². The number of thiophene rings is 1. The average molecular weight is 485 g/mol. The highest BCUT2D eigenvalue weighted by molar-refractivity contribution is 7.19. The first kappa shape index (κ1) is 22.8. The van der Waals surface area contributed by atoms with Gasteiger partial charge in [-0.15, -0.1) is 11.3 Å². The van der Waals surface area contributed by atoms with E-state index in [1.54, 1.807) is 26.0 Å². The second-order valence-corrected chi connectivity index (χ2v) is 9.39. The Balaban J connectivity index is 1.51. The highest BCUT2D eigenvalue weighted by atomic mass is 32.1. The Hall–Kier alpha value is -3.97. The van der Waals surface area contributed by atoms with Gasteiger partial charge in [-0.25, -0.2) is 4.79 Å². The SMILES string of the molecule is CCOC(=O)c1c(NC(=O)c2ccc3c4c(cccc24)CC3)sc(C(=O)Nc2ccccc2)c1C. The predicted octanol–water partition coefficient (Wildman–Crippen LogP) is 5.99. The zero-order valence-corrected chi connectivity index (χ0v) is 20.3. The summed E-state index contributed by atoms with van der Waals surface area (Å²) in [4.78, 5) is 39.6. The minimum atomic E-state index is -0.573. The van der Waals surface area contributed by atoms with Gasteiger partial charge >= 0.3 is 5.97 Å². The third kappa shape index (κ3) is 4.19. The van der Waals surface area contributed by atoms with E-state index >= 15 is 0 Å². The molecule has 5 rings (SSSR count). The van der Waals surface area contributed by atoms with Crippen molar-refractivity contribution in [3.05, 3.63) is 93.4 Å². The monoisotopic (exact) mass is 484 g/mol. The smallest absolute Gasteiger partial charge is 0.341 e. The van der Waals surface area contributed by atoms with Gasteiger partial charge in [0.15, 0.2) is 0 Å². The lowest BCUT2D eigenvalue weighted by molar-refractivity contribution is 0.0527.